The normalized spacial score (nSPS) is 26.1. The van der Waals surface area contributed by atoms with E-state index < -0.39 is 7.58 Å². The molecule has 0 spiro atoms. The Labute approximate surface area is 58.8 Å². The van der Waals surface area contributed by atoms with E-state index in [9.17, 15) is 4.79 Å². The topological polar surface area (TPSA) is 35.5 Å². The van der Waals surface area contributed by atoms with Crippen LogP contribution in [-0.4, -0.2) is 18.3 Å². The molecule has 1 heterocycles. The predicted molar refractivity (Wildman–Crippen MR) is 37.1 cm³/mol. The molecule has 1 fully saturated rings. The fourth-order valence-corrected chi connectivity index (χ4v) is 3.07. The molecule has 1 atom stereocenters. The molecule has 1 saturated heterocycles. The summed E-state index contributed by atoms with van der Waals surface area (Å²) < 4.78 is 9.83. The van der Waals surface area contributed by atoms with Crippen LogP contribution >= 0.6 is 19.0 Å². The van der Waals surface area contributed by atoms with Crippen LogP contribution in [0.4, 0.5) is 0 Å². The first-order chi connectivity index (χ1) is 4.29. The van der Waals surface area contributed by atoms with Gasteiger partial charge in [-0.15, -0.1) is 0 Å². The second kappa shape index (κ2) is 3.40. The fourth-order valence-electron chi connectivity index (χ4n) is 0.419. The molecule has 1 aliphatic heterocycles. The lowest BCUT2D eigenvalue weighted by Crippen LogP contribution is -1.90. The van der Waals surface area contributed by atoms with Gasteiger partial charge in [0.1, 0.15) is 0 Å². The number of hydrogen-bond acceptors (Lipinski definition) is 4. The van der Waals surface area contributed by atoms with Gasteiger partial charge < -0.3 is 9.05 Å². The van der Waals surface area contributed by atoms with Crippen molar-refractivity contribution in [2.45, 2.75) is 6.92 Å². The van der Waals surface area contributed by atoms with Crippen molar-refractivity contribution in [2.75, 3.05) is 12.4 Å². The highest BCUT2D eigenvalue weighted by Gasteiger charge is 2.20. The summed E-state index contributed by atoms with van der Waals surface area (Å²) in [5, 5.41) is 0. The van der Waals surface area contributed by atoms with Crippen molar-refractivity contribution in [3.63, 3.8) is 0 Å². The maximum atomic E-state index is 10.3. The Bertz CT molecular complexity index is 112. The molecule has 0 bridgehead atoms. The van der Waals surface area contributed by atoms with E-state index in [4.69, 9.17) is 9.05 Å². The van der Waals surface area contributed by atoms with E-state index >= 15 is 0 Å². The Morgan fingerprint density at radius 2 is 2.67 bits per heavy atom. The van der Waals surface area contributed by atoms with E-state index in [1.807, 2.05) is 0 Å². The van der Waals surface area contributed by atoms with Crippen LogP contribution in [0.15, 0.2) is 0 Å². The molecule has 9 heavy (non-hydrogen) atoms. The molecular weight excluding hydrogens is 159 g/mol. The zero-order valence-corrected chi connectivity index (χ0v) is 6.71. The first-order valence-electron chi connectivity index (χ1n) is 2.53. The summed E-state index contributed by atoms with van der Waals surface area (Å²) in [6.45, 7) is 2.11. The van der Waals surface area contributed by atoms with Crippen molar-refractivity contribution in [3.8, 4) is 0 Å². The van der Waals surface area contributed by atoms with E-state index in [1.54, 1.807) is 11.4 Å². The van der Waals surface area contributed by atoms with Gasteiger partial charge >= 0.3 is 13.5 Å². The molecular formula is C4H7O3PS. The Kier molecular flexibility index (Phi) is 2.76. The van der Waals surface area contributed by atoms with Gasteiger partial charge in [0.05, 0.1) is 6.61 Å². The van der Waals surface area contributed by atoms with Gasteiger partial charge in [0, 0.05) is 12.7 Å². The van der Waals surface area contributed by atoms with Gasteiger partial charge in [0.2, 0.25) is 0 Å². The molecule has 0 unspecified atom stereocenters. The summed E-state index contributed by atoms with van der Waals surface area (Å²) in [7, 11) is -0.917. The highest BCUT2D eigenvalue weighted by molar-refractivity contribution is 8.53. The number of hydrogen-bond donors (Lipinski definition) is 0. The van der Waals surface area contributed by atoms with Gasteiger partial charge in [-0.25, -0.2) is 0 Å². The number of carbonyl (C=O) groups excluding carboxylic acids is 1. The summed E-state index contributed by atoms with van der Waals surface area (Å²) in [5.74, 6) is 0.689. The van der Waals surface area contributed by atoms with Gasteiger partial charge in [-0.1, -0.05) is 11.4 Å². The van der Waals surface area contributed by atoms with Gasteiger partial charge in [0.25, 0.3) is 0 Å². The zero-order valence-electron chi connectivity index (χ0n) is 4.99. The molecule has 0 aromatic heterocycles. The lowest BCUT2D eigenvalue weighted by atomic mass is 10.9. The standard InChI is InChI=1S/C4H7O3PS/c1-4(5)7-8-6-2-3-9-8/h2-3H2,1H3/t8-/m0/s1. The number of carbonyl (C=O) groups is 1. The van der Waals surface area contributed by atoms with E-state index in [0.29, 0.717) is 6.61 Å². The Hall–Kier alpha value is 0.210. The third-order valence-electron chi connectivity index (χ3n) is 0.680. The molecule has 0 radical (unpaired) electrons. The maximum Gasteiger partial charge on any atom is 0.307 e. The quantitative estimate of drug-likeness (QED) is 0.553. The maximum absolute atomic E-state index is 10.3. The van der Waals surface area contributed by atoms with Crippen LogP contribution in [0.5, 0.6) is 0 Å². The van der Waals surface area contributed by atoms with Gasteiger partial charge in [0.15, 0.2) is 0 Å². The molecule has 5 heteroatoms. The van der Waals surface area contributed by atoms with E-state index in [-0.39, 0.29) is 5.97 Å². The fraction of sp³-hybridized carbons (Fsp3) is 0.750. The van der Waals surface area contributed by atoms with Crippen LogP contribution in [0.1, 0.15) is 6.92 Å². The van der Waals surface area contributed by atoms with Gasteiger partial charge in [-0.05, 0) is 0 Å². The van der Waals surface area contributed by atoms with E-state index in [1.165, 1.54) is 6.92 Å². The largest absolute Gasteiger partial charge is 0.408 e. The second-order valence-electron chi connectivity index (χ2n) is 1.47. The van der Waals surface area contributed by atoms with Crippen molar-refractivity contribution < 1.29 is 13.8 Å². The zero-order chi connectivity index (χ0) is 6.69. The van der Waals surface area contributed by atoms with E-state index in [0.717, 1.165) is 5.75 Å². The van der Waals surface area contributed by atoms with Crippen molar-refractivity contribution in [1.29, 1.82) is 0 Å². The van der Waals surface area contributed by atoms with Crippen molar-refractivity contribution in [3.05, 3.63) is 0 Å². The minimum atomic E-state index is -0.917. The smallest absolute Gasteiger partial charge is 0.307 e. The predicted octanol–water partition coefficient (Wildman–Crippen LogP) is 1.54. The molecule has 52 valence electrons. The van der Waals surface area contributed by atoms with Gasteiger partial charge in [-0.3, -0.25) is 4.79 Å². The summed E-state index contributed by atoms with van der Waals surface area (Å²) in [4.78, 5) is 10.3. The Morgan fingerprint density at radius 3 is 3.11 bits per heavy atom. The van der Waals surface area contributed by atoms with Crippen molar-refractivity contribution in [1.82, 2.24) is 0 Å². The molecule has 1 rings (SSSR count). The minimum absolute atomic E-state index is 0.254. The molecule has 0 aromatic rings. The molecule has 1 aliphatic rings. The molecule has 0 saturated carbocycles. The average Bonchev–Trinajstić information content (AvgIpc) is 2.15. The Morgan fingerprint density at radius 1 is 1.89 bits per heavy atom. The van der Waals surface area contributed by atoms with Crippen molar-refractivity contribution >= 4 is 24.9 Å². The van der Waals surface area contributed by atoms with Crippen LogP contribution < -0.4 is 0 Å². The average molecular weight is 166 g/mol. The third kappa shape index (κ3) is 2.52. The van der Waals surface area contributed by atoms with Crippen LogP contribution in [0.3, 0.4) is 0 Å². The van der Waals surface area contributed by atoms with Crippen LogP contribution in [-0.2, 0) is 13.8 Å². The highest BCUT2D eigenvalue weighted by atomic mass is 32.7. The summed E-state index contributed by atoms with van der Waals surface area (Å²) in [6, 6.07) is 0. The highest BCUT2D eigenvalue weighted by Crippen LogP contribution is 2.55. The van der Waals surface area contributed by atoms with Crippen LogP contribution in [0, 0.1) is 0 Å². The van der Waals surface area contributed by atoms with Crippen LogP contribution in [0.2, 0.25) is 0 Å². The molecule has 0 aliphatic carbocycles. The van der Waals surface area contributed by atoms with Crippen molar-refractivity contribution in [2.24, 2.45) is 0 Å². The molecule has 0 N–H and O–H groups in total. The Balaban J connectivity index is 2.19. The van der Waals surface area contributed by atoms with E-state index in [2.05, 4.69) is 0 Å². The summed E-state index contributed by atoms with van der Waals surface area (Å²) in [6.07, 6.45) is 0. The van der Waals surface area contributed by atoms with Gasteiger partial charge in [-0.2, -0.15) is 0 Å². The summed E-state index contributed by atoms with van der Waals surface area (Å²) in [5.41, 5.74) is 0. The molecule has 0 aromatic carbocycles. The third-order valence-corrected chi connectivity index (χ3v) is 3.76. The second-order valence-corrected chi connectivity index (χ2v) is 4.70. The van der Waals surface area contributed by atoms with Crippen LogP contribution in [0.25, 0.3) is 0 Å². The minimum Gasteiger partial charge on any atom is -0.408 e. The first kappa shape index (κ1) is 7.32. The molecule has 3 nitrogen and oxygen atoms in total. The SMILES string of the molecule is CC(=O)O[P@]1OCCS1. The lowest BCUT2D eigenvalue weighted by molar-refractivity contribution is -0.131. The summed E-state index contributed by atoms with van der Waals surface area (Å²) >= 11 is 1.57. The number of rotatable bonds is 1. The molecule has 0 amide bonds. The lowest BCUT2D eigenvalue weighted by Gasteiger charge is -2.03. The first-order valence-corrected chi connectivity index (χ1v) is 5.30. The monoisotopic (exact) mass is 166 g/mol.